The number of benzene rings is 3. The number of nitrogens with one attached hydrogen (secondary N) is 1. The highest BCUT2D eigenvalue weighted by Crippen LogP contribution is 2.29. The first-order chi connectivity index (χ1) is 17.5. The molecular weight excluding hydrogens is 480 g/mol. The van der Waals surface area contributed by atoms with E-state index in [-0.39, 0.29) is 18.4 Å². The van der Waals surface area contributed by atoms with Crippen LogP contribution in [-0.4, -0.2) is 50.6 Å². The topological polar surface area (TPSA) is 77.1 Å². The molecule has 0 radical (unpaired) electrons. The van der Waals surface area contributed by atoms with Crippen LogP contribution in [0.25, 0.3) is 0 Å². The van der Waals surface area contributed by atoms with Crippen LogP contribution in [0.3, 0.4) is 0 Å². The van der Waals surface area contributed by atoms with E-state index in [0.717, 1.165) is 16.7 Å². The Balaban J connectivity index is 1.30. The van der Waals surface area contributed by atoms with Crippen molar-refractivity contribution in [1.29, 1.82) is 0 Å². The van der Waals surface area contributed by atoms with Crippen LogP contribution < -0.4 is 19.5 Å². The largest absolute Gasteiger partial charge is 0.493 e. The third-order valence-corrected chi connectivity index (χ3v) is 6.36. The molecule has 0 fully saturated rings. The van der Waals surface area contributed by atoms with Gasteiger partial charge < -0.3 is 24.4 Å². The van der Waals surface area contributed by atoms with Crippen LogP contribution in [0.4, 0.5) is 0 Å². The first-order valence-corrected chi connectivity index (χ1v) is 12.1. The number of fused-ring (bicyclic) bond motifs is 1. The van der Waals surface area contributed by atoms with Crippen LogP contribution >= 0.6 is 11.6 Å². The summed E-state index contributed by atoms with van der Waals surface area (Å²) >= 11 is 5.97. The number of carbonyl (C=O) groups is 2. The minimum absolute atomic E-state index is 0.0454. The lowest BCUT2D eigenvalue weighted by Gasteiger charge is -2.29. The Bertz CT molecular complexity index is 1230. The number of ether oxygens (including phenoxy) is 3. The number of halogens is 1. The minimum Gasteiger partial charge on any atom is -0.493 e. The second-order valence-electron chi connectivity index (χ2n) is 8.46. The zero-order chi connectivity index (χ0) is 25.5. The molecule has 36 heavy (non-hydrogen) atoms. The van der Waals surface area contributed by atoms with Crippen LogP contribution in [0, 0.1) is 0 Å². The Morgan fingerprint density at radius 2 is 1.72 bits per heavy atom. The number of nitrogens with zero attached hydrogens (tertiary/aromatic N) is 1. The molecule has 1 aliphatic heterocycles. The summed E-state index contributed by atoms with van der Waals surface area (Å²) in [6.45, 7) is 1.43. The molecule has 1 aliphatic rings. The Morgan fingerprint density at radius 3 is 2.47 bits per heavy atom. The third-order valence-electron chi connectivity index (χ3n) is 6.11. The number of methoxy groups -OCH3 is 2. The molecular formula is C28H29ClN2O5. The third kappa shape index (κ3) is 6.10. The highest BCUT2D eigenvalue weighted by atomic mass is 35.5. The second-order valence-corrected chi connectivity index (χ2v) is 8.90. The van der Waals surface area contributed by atoms with Gasteiger partial charge in [0.15, 0.2) is 18.1 Å². The molecule has 2 amide bonds. The average molecular weight is 509 g/mol. The summed E-state index contributed by atoms with van der Waals surface area (Å²) in [6.07, 6.45) is 1.30. The number of hydrogen-bond acceptors (Lipinski definition) is 5. The molecule has 188 valence electrons. The maximum Gasteiger partial charge on any atom is 0.257 e. The highest BCUT2D eigenvalue weighted by molar-refractivity contribution is 6.30. The smallest absolute Gasteiger partial charge is 0.257 e. The highest BCUT2D eigenvalue weighted by Gasteiger charge is 2.26. The first-order valence-electron chi connectivity index (χ1n) is 11.7. The SMILES string of the molecule is COc1ccc(CCNC(=O)COc2cccc3c2CCN(Cc2ccc(Cl)cc2)C3=O)cc1OC. The minimum atomic E-state index is -0.223. The Labute approximate surface area is 215 Å². The summed E-state index contributed by atoms with van der Waals surface area (Å²) in [5.41, 5.74) is 3.50. The van der Waals surface area contributed by atoms with Gasteiger partial charge in [0, 0.05) is 35.8 Å². The van der Waals surface area contributed by atoms with Gasteiger partial charge in [-0.1, -0.05) is 35.9 Å². The molecule has 0 atom stereocenters. The Hall–Kier alpha value is -3.71. The predicted octanol–water partition coefficient (Wildman–Crippen LogP) is 4.29. The Kier molecular flexibility index (Phi) is 8.33. The van der Waals surface area contributed by atoms with Gasteiger partial charge in [0.05, 0.1) is 14.2 Å². The Morgan fingerprint density at radius 1 is 0.972 bits per heavy atom. The lowest BCUT2D eigenvalue weighted by molar-refractivity contribution is -0.123. The number of amides is 2. The average Bonchev–Trinajstić information content (AvgIpc) is 2.90. The van der Waals surface area contributed by atoms with Crippen LogP contribution in [-0.2, 0) is 24.2 Å². The van der Waals surface area contributed by atoms with E-state index in [4.69, 9.17) is 25.8 Å². The summed E-state index contributed by atoms with van der Waals surface area (Å²) < 4.78 is 16.4. The van der Waals surface area contributed by atoms with Crippen molar-refractivity contribution in [3.8, 4) is 17.2 Å². The first kappa shape index (κ1) is 25.4. The van der Waals surface area contributed by atoms with Crippen LogP contribution in [0.5, 0.6) is 17.2 Å². The summed E-state index contributed by atoms with van der Waals surface area (Å²) in [5, 5.41) is 3.54. The van der Waals surface area contributed by atoms with Crippen molar-refractivity contribution in [3.05, 3.63) is 87.9 Å². The summed E-state index contributed by atoms with van der Waals surface area (Å²) in [5.74, 6) is 1.62. The second kappa shape index (κ2) is 11.8. The molecule has 3 aromatic carbocycles. The molecule has 3 aromatic rings. The van der Waals surface area contributed by atoms with Gasteiger partial charge in [-0.15, -0.1) is 0 Å². The molecule has 0 bridgehead atoms. The summed E-state index contributed by atoms with van der Waals surface area (Å²) in [7, 11) is 3.18. The quantitative estimate of drug-likeness (QED) is 0.442. The van der Waals surface area contributed by atoms with Crippen molar-refractivity contribution in [3.63, 3.8) is 0 Å². The van der Waals surface area contributed by atoms with Crippen molar-refractivity contribution in [2.45, 2.75) is 19.4 Å². The number of carbonyl (C=O) groups excluding carboxylic acids is 2. The zero-order valence-electron chi connectivity index (χ0n) is 20.4. The lowest BCUT2D eigenvalue weighted by atomic mass is 9.97. The van der Waals surface area contributed by atoms with E-state index in [1.807, 2.05) is 53.4 Å². The van der Waals surface area contributed by atoms with Crippen molar-refractivity contribution in [2.75, 3.05) is 33.9 Å². The fraction of sp³-hybridized carbons (Fsp3) is 0.286. The van der Waals surface area contributed by atoms with E-state index in [1.165, 1.54) is 0 Å². The van der Waals surface area contributed by atoms with Gasteiger partial charge in [-0.3, -0.25) is 9.59 Å². The summed E-state index contributed by atoms with van der Waals surface area (Å²) in [6, 6.07) is 18.6. The maximum atomic E-state index is 13.1. The molecule has 1 N–H and O–H groups in total. The van der Waals surface area contributed by atoms with Crippen molar-refractivity contribution in [2.24, 2.45) is 0 Å². The molecule has 0 aromatic heterocycles. The van der Waals surface area contributed by atoms with Gasteiger partial charge in [-0.25, -0.2) is 0 Å². The zero-order valence-corrected chi connectivity index (χ0v) is 21.1. The number of rotatable bonds is 10. The van der Waals surface area contributed by atoms with Gasteiger partial charge in [0.1, 0.15) is 5.75 Å². The van der Waals surface area contributed by atoms with Crippen molar-refractivity contribution < 1.29 is 23.8 Å². The molecule has 0 spiro atoms. The van der Waals surface area contributed by atoms with E-state index >= 15 is 0 Å². The van der Waals surface area contributed by atoms with Crippen molar-refractivity contribution in [1.82, 2.24) is 10.2 Å². The molecule has 0 saturated heterocycles. The van der Waals surface area contributed by atoms with Crippen LogP contribution in [0.2, 0.25) is 5.02 Å². The molecule has 4 rings (SSSR count). The lowest BCUT2D eigenvalue weighted by Crippen LogP contribution is -2.37. The molecule has 7 nitrogen and oxygen atoms in total. The van der Waals surface area contributed by atoms with Crippen LogP contribution in [0.15, 0.2) is 60.7 Å². The molecule has 8 heteroatoms. The van der Waals surface area contributed by atoms with Gasteiger partial charge in [-0.05, 0) is 60.4 Å². The standard InChI is InChI=1S/C28H29ClN2O5/c1-34-25-11-8-19(16-26(25)35-2)12-14-30-27(32)18-36-24-5-3-4-23-22(24)13-15-31(28(23)33)17-20-6-9-21(29)10-7-20/h3-11,16H,12-15,17-18H2,1-2H3,(H,30,32). The fourth-order valence-electron chi connectivity index (χ4n) is 4.22. The van der Waals surface area contributed by atoms with E-state index < -0.39 is 0 Å². The molecule has 0 aliphatic carbocycles. The molecule has 0 saturated carbocycles. The van der Waals surface area contributed by atoms with Gasteiger partial charge in [-0.2, -0.15) is 0 Å². The van der Waals surface area contributed by atoms with E-state index in [2.05, 4.69) is 5.32 Å². The van der Waals surface area contributed by atoms with E-state index in [1.54, 1.807) is 26.4 Å². The normalized spacial score (nSPS) is 12.6. The van der Waals surface area contributed by atoms with Gasteiger partial charge in [0.25, 0.3) is 11.8 Å². The summed E-state index contributed by atoms with van der Waals surface area (Å²) in [4.78, 5) is 27.3. The van der Waals surface area contributed by atoms with Gasteiger partial charge >= 0.3 is 0 Å². The fourth-order valence-corrected chi connectivity index (χ4v) is 4.34. The number of hydrogen-bond donors (Lipinski definition) is 1. The van der Waals surface area contributed by atoms with Gasteiger partial charge in [0.2, 0.25) is 0 Å². The monoisotopic (exact) mass is 508 g/mol. The molecule has 1 heterocycles. The van der Waals surface area contributed by atoms with E-state index in [9.17, 15) is 9.59 Å². The predicted molar refractivity (Wildman–Crippen MR) is 138 cm³/mol. The van der Waals surface area contributed by atoms with Crippen LogP contribution in [0.1, 0.15) is 27.0 Å². The van der Waals surface area contributed by atoms with Crippen molar-refractivity contribution >= 4 is 23.4 Å². The van der Waals surface area contributed by atoms with E-state index in [0.29, 0.717) is 60.3 Å². The molecule has 0 unspecified atom stereocenters. The maximum absolute atomic E-state index is 13.1.